The summed E-state index contributed by atoms with van der Waals surface area (Å²) in [5.41, 5.74) is 2.01. The Balaban J connectivity index is 2.75. The molecule has 1 N–H and O–H groups in total. The van der Waals surface area contributed by atoms with Crippen molar-refractivity contribution in [2.75, 3.05) is 7.05 Å². The van der Waals surface area contributed by atoms with Gasteiger partial charge in [-0.1, -0.05) is 0 Å². The van der Waals surface area contributed by atoms with Crippen LogP contribution in [0, 0.1) is 5.82 Å². The van der Waals surface area contributed by atoms with Crippen molar-refractivity contribution in [1.29, 1.82) is 0 Å². The molecule has 86 valence electrons. The standard InChI is InChI=1S/C13H17FN2/c1-13(2,15-3)11-8-16(4)12-6-5-9(14)7-10(11)12/h5-8,15H,1-4H3. The van der Waals surface area contributed by atoms with Crippen LogP contribution in [0.5, 0.6) is 0 Å². The van der Waals surface area contributed by atoms with Gasteiger partial charge in [0.25, 0.3) is 0 Å². The lowest BCUT2D eigenvalue weighted by atomic mass is 9.94. The van der Waals surface area contributed by atoms with Gasteiger partial charge in [-0.3, -0.25) is 0 Å². The van der Waals surface area contributed by atoms with Gasteiger partial charge >= 0.3 is 0 Å². The summed E-state index contributed by atoms with van der Waals surface area (Å²) in [6, 6.07) is 4.92. The molecule has 0 radical (unpaired) electrons. The fourth-order valence-electron chi connectivity index (χ4n) is 2.00. The van der Waals surface area contributed by atoms with Crippen LogP contribution in [0.3, 0.4) is 0 Å². The highest BCUT2D eigenvalue weighted by Gasteiger charge is 2.22. The van der Waals surface area contributed by atoms with Crippen LogP contribution in [0.2, 0.25) is 0 Å². The molecule has 3 heteroatoms. The zero-order valence-electron chi connectivity index (χ0n) is 10.1. The highest BCUT2D eigenvalue weighted by atomic mass is 19.1. The van der Waals surface area contributed by atoms with Crippen molar-refractivity contribution < 1.29 is 4.39 Å². The average Bonchev–Trinajstić information content (AvgIpc) is 2.56. The first-order chi connectivity index (χ1) is 7.45. The smallest absolute Gasteiger partial charge is 0.123 e. The van der Waals surface area contributed by atoms with E-state index in [1.807, 2.05) is 24.7 Å². The minimum Gasteiger partial charge on any atom is -0.350 e. The quantitative estimate of drug-likeness (QED) is 0.823. The van der Waals surface area contributed by atoms with Gasteiger partial charge in [0.05, 0.1) is 0 Å². The molecule has 1 heterocycles. The van der Waals surface area contributed by atoms with Crippen LogP contribution in [0.25, 0.3) is 10.9 Å². The molecule has 0 unspecified atom stereocenters. The Morgan fingerprint density at radius 2 is 2.00 bits per heavy atom. The molecule has 0 fully saturated rings. The molecule has 1 aromatic carbocycles. The number of benzene rings is 1. The van der Waals surface area contributed by atoms with Crippen LogP contribution in [0.4, 0.5) is 4.39 Å². The zero-order valence-corrected chi connectivity index (χ0v) is 10.1. The zero-order chi connectivity index (χ0) is 11.9. The molecule has 1 aromatic heterocycles. The molecule has 0 aliphatic carbocycles. The maximum atomic E-state index is 13.3. The van der Waals surface area contributed by atoms with Crippen molar-refractivity contribution in [1.82, 2.24) is 9.88 Å². The molecule has 0 aliphatic heterocycles. The molecule has 0 saturated carbocycles. The Labute approximate surface area is 95.1 Å². The summed E-state index contributed by atoms with van der Waals surface area (Å²) in [6.07, 6.45) is 2.06. The number of nitrogens with zero attached hydrogens (tertiary/aromatic N) is 1. The molecule has 0 bridgehead atoms. The van der Waals surface area contributed by atoms with Crippen LogP contribution >= 0.6 is 0 Å². The van der Waals surface area contributed by atoms with Gasteiger partial charge in [0.2, 0.25) is 0 Å². The van der Waals surface area contributed by atoms with Crippen molar-refractivity contribution >= 4 is 10.9 Å². The topological polar surface area (TPSA) is 17.0 Å². The number of rotatable bonds is 2. The molecular formula is C13H17FN2. The summed E-state index contributed by atoms with van der Waals surface area (Å²) in [5.74, 6) is -0.188. The first kappa shape index (κ1) is 11.1. The van der Waals surface area contributed by atoms with E-state index in [1.165, 1.54) is 6.07 Å². The highest BCUT2D eigenvalue weighted by Crippen LogP contribution is 2.30. The van der Waals surface area contributed by atoms with Gasteiger partial charge in [-0.15, -0.1) is 0 Å². The van der Waals surface area contributed by atoms with Gasteiger partial charge in [-0.25, -0.2) is 4.39 Å². The van der Waals surface area contributed by atoms with E-state index in [1.54, 1.807) is 6.07 Å². The molecule has 0 amide bonds. The third kappa shape index (κ3) is 1.61. The van der Waals surface area contributed by atoms with E-state index in [0.717, 1.165) is 16.5 Å². The lowest BCUT2D eigenvalue weighted by Crippen LogP contribution is -2.32. The second kappa shape index (κ2) is 3.59. The molecule has 2 nitrogen and oxygen atoms in total. The molecule has 16 heavy (non-hydrogen) atoms. The van der Waals surface area contributed by atoms with Crippen LogP contribution in [0.1, 0.15) is 19.4 Å². The SMILES string of the molecule is CNC(C)(C)c1cn(C)c2ccc(F)cc12. The molecular weight excluding hydrogens is 203 g/mol. The molecule has 0 aliphatic rings. The van der Waals surface area contributed by atoms with Gasteiger partial charge < -0.3 is 9.88 Å². The Kier molecular flexibility index (Phi) is 2.50. The first-order valence-corrected chi connectivity index (χ1v) is 5.39. The third-order valence-electron chi connectivity index (χ3n) is 3.25. The number of hydrogen-bond donors (Lipinski definition) is 1. The van der Waals surface area contributed by atoms with Crippen LogP contribution in [0.15, 0.2) is 24.4 Å². The Bertz CT molecular complexity index is 526. The predicted octanol–water partition coefficient (Wildman–Crippen LogP) is 2.77. The second-order valence-corrected chi connectivity index (χ2v) is 4.69. The average molecular weight is 220 g/mol. The van der Waals surface area contributed by atoms with Crippen molar-refractivity contribution in [2.24, 2.45) is 7.05 Å². The van der Waals surface area contributed by atoms with Crippen LogP contribution in [-0.2, 0) is 12.6 Å². The van der Waals surface area contributed by atoms with Crippen LogP contribution < -0.4 is 5.32 Å². The van der Waals surface area contributed by atoms with E-state index >= 15 is 0 Å². The Morgan fingerprint density at radius 1 is 1.31 bits per heavy atom. The number of aryl methyl sites for hydroxylation is 1. The van der Waals surface area contributed by atoms with E-state index < -0.39 is 0 Å². The maximum Gasteiger partial charge on any atom is 0.123 e. The van der Waals surface area contributed by atoms with Crippen molar-refractivity contribution in [2.45, 2.75) is 19.4 Å². The summed E-state index contributed by atoms with van der Waals surface area (Å²) >= 11 is 0. The fraction of sp³-hybridized carbons (Fsp3) is 0.385. The van der Waals surface area contributed by atoms with E-state index in [4.69, 9.17) is 0 Å². The lowest BCUT2D eigenvalue weighted by Gasteiger charge is -2.23. The largest absolute Gasteiger partial charge is 0.350 e. The van der Waals surface area contributed by atoms with E-state index in [9.17, 15) is 4.39 Å². The van der Waals surface area contributed by atoms with Gasteiger partial charge in [-0.2, -0.15) is 0 Å². The highest BCUT2D eigenvalue weighted by molar-refractivity contribution is 5.85. The number of fused-ring (bicyclic) bond motifs is 1. The van der Waals surface area contributed by atoms with E-state index in [-0.39, 0.29) is 11.4 Å². The number of nitrogens with one attached hydrogen (secondary N) is 1. The normalized spacial score (nSPS) is 12.3. The molecule has 2 aromatic rings. The summed E-state index contributed by atoms with van der Waals surface area (Å²) in [5, 5.41) is 4.22. The minimum atomic E-state index is -0.188. The monoisotopic (exact) mass is 220 g/mol. The Morgan fingerprint density at radius 3 is 2.62 bits per heavy atom. The predicted molar refractivity (Wildman–Crippen MR) is 65.0 cm³/mol. The second-order valence-electron chi connectivity index (χ2n) is 4.69. The number of hydrogen-bond acceptors (Lipinski definition) is 1. The summed E-state index contributed by atoms with van der Waals surface area (Å²) in [4.78, 5) is 0. The van der Waals surface area contributed by atoms with Crippen LogP contribution in [-0.4, -0.2) is 11.6 Å². The number of halogens is 1. The first-order valence-electron chi connectivity index (χ1n) is 5.39. The van der Waals surface area contributed by atoms with E-state index in [2.05, 4.69) is 25.4 Å². The summed E-state index contributed by atoms with van der Waals surface area (Å²) in [6.45, 7) is 4.18. The molecule has 0 atom stereocenters. The summed E-state index contributed by atoms with van der Waals surface area (Å²) < 4.78 is 15.3. The molecule has 2 rings (SSSR count). The van der Waals surface area contributed by atoms with Crippen molar-refractivity contribution in [3.8, 4) is 0 Å². The van der Waals surface area contributed by atoms with Crippen molar-refractivity contribution in [3.05, 3.63) is 35.8 Å². The maximum absolute atomic E-state index is 13.3. The fourth-order valence-corrected chi connectivity index (χ4v) is 2.00. The molecule has 0 saturated heterocycles. The molecule has 0 spiro atoms. The van der Waals surface area contributed by atoms with Gasteiger partial charge in [0, 0.05) is 29.7 Å². The van der Waals surface area contributed by atoms with Gasteiger partial charge in [0.1, 0.15) is 5.82 Å². The third-order valence-corrected chi connectivity index (χ3v) is 3.25. The van der Waals surface area contributed by atoms with E-state index in [0.29, 0.717) is 0 Å². The Hall–Kier alpha value is -1.35. The summed E-state index contributed by atoms with van der Waals surface area (Å²) in [7, 11) is 3.90. The van der Waals surface area contributed by atoms with Gasteiger partial charge in [0.15, 0.2) is 0 Å². The lowest BCUT2D eigenvalue weighted by molar-refractivity contribution is 0.447. The number of aromatic nitrogens is 1. The minimum absolute atomic E-state index is 0.159. The van der Waals surface area contributed by atoms with Crippen molar-refractivity contribution in [3.63, 3.8) is 0 Å². The van der Waals surface area contributed by atoms with Gasteiger partial charge in [-0.05, 0) is 44.7 Å².